The zero-order chi connectivity index (χ0) is 18.1. The number of benzene rings is 2. The predicted octanol–water partition coefficient (Wildman–Crippen LogP) is -0.0486. The number of halogens is 1. The fourth-order valence-electron chi connectivity index (χ4n) is 3.21. The van der Waals surface area contributed by atoms with Gasteiger partial charge in [-0.3, -0.25) is 4.79 Å². The second-order valence-electron chi connectivity index (χ2n) is 6.30. The number of aromatic amines is 1. The zero-order valence-electron chi connectivity index (χ0n) is 15.1. The quantitative estimate of drug-likeness (QED) is 0.466. The van der Waals surface area contributed by atoms with Gasteiger partial charge in [-0.2, -0.15) is 4.40 Å². The maximum absolute atomic E-state index is 12.7. The summed E-state index contributed by atoms with van der Waals surface area (Å²) < 4.78 is 9.19. The maximum Gasteiger partial charge on any atom is 0.300 e. The first-order valence-corrected chi connectivity index (χ1v) is 8.48. The van der Waals surface area contributed by atoms with Gasteiger partial charge in [-0.05, 0) is 29.8 Å². The largest absolute Gasteiger partial charge is 1.00 e. The molecule has 0 amide bonds. The predicted molar refractivity (Wildman–Crippen MR) is 100 cm³/mol. The molecule has 0 radical (unpaired) electrons. The normalized spacial score (nSPS) is 10.6. The van der Waals surface area contributed by atoms with E-state index >= 15 is 0 Å². The highest BCUT2D eigenvalue weighted by molar-refractivity contribution is 5.59. The topological polar surface area (TPSA) is 51.1 Å². The van der Waals surface area contributed by atoms with Crippen molar-refractivity contribution in [3.63, 3.8) is 0 Å². The molecule has 0 saturated heterocycles. The molecule has 27 heavy (non-hydrogen) atoms. The lowest BCUT2D eigenvalue weighted by Gasteiger charge is -2.02. The summed E-state index contributed by atoms with van der Waals surface area (Å²) >= 11 is 0. The Morgan fingerprint density at radius 3 is 2.44 bits per heavy atom. The van der Waals surface area contributed by atoms with Crippen molar-refractivity contribution in [1.82, 2.24) is 9.55 Å². The maximum atomic E-state index is 12.7. The molecule has 2 heterocycles. The number of aromatic nitrogens is 3. The molecule has 0 bridgehead atoms. The van der Waals surface area contributed by atoms with E-state index in [1.807, 2.05) is 66.3 Å². The first kappa shape index (κ1) is 18.9. The van der Waals surface area contributed by atoms with Crippen LogP contribution in [0.4, 0.5) is 0 Å². The van der Waals surface area contributed by atoms with Crippen molar-refractivity contribution in [2.75, 3.05) is 7.11 Å². The van der Waals surface area contributed by atoms with Crippen LogP contribution in [0.2, 0.25) is 0 Å². The van der Waals surface area contributed by atoms with Crippen molar-refractivity contribution >= 4 is 5.52 Å². The van der Waals surface area contributed by atoms with Crippen LogP contribution in [0.1, 0.15) is 11.3 Å². The molecule has 138 valence electrons. The van der Waals surface area contributed by atoms with Crippen molar-refractivity contribution in [3.05, 3.63) is 88.7 Å². The van der Waals surface area contributed by atoms with Gasteiger partial charge in [0.05, 0.1) is 12.8 Å². The summed E-state index contributed by atoms with van der Waals surface area (Å²) in [4.78, 5) is 15.7. The first-order valence-electron chi connectivity index (χ1n) is 8.48. The third-order valence-corrected chi connectivity index (χ3v) is 4.62. The van der Waals surface area contributed by atoms with Crippen molar-refractivity contribution in [1.29, 1.82) is 0 Å². The molecule has 4 rings (SSSR count). The van der Waals surface area contributed by atoms with E-state index in [-0.39, 0.29) is 22.5 Å². The molecule has 2 aromatic heterocycles. The molecule has 5 nitrogen and oxygen atoms in total. The summed E-state index contributed by atoms with van der Waals surface area (Å²) in [5.41, 5.74) is 4.42. The molecule has 6 heteroatoms. The Morgan fingerprint density at radius 2 is 1.78 bits per heavy atom. The van der Waals surface area contributed by atoms with Gasteiger partial charge in [0.15, 0.2) is 5.69 Å². The van der Waals surface area contributed by atoms with Crippen LogP contribution in [0.3, 0.4) is 0 Å². The Hall–Kier alpha value is -2.86. The summed E-state index contributed by atoms with van der Waals surface area (Å²) in [5, 5.41) is 0. The number of methoxy groups -OCH3 is 1. The van der Waals surface area contributed by atoms with E-state index in [2.05, 4.69) is 21.7 Å². The molecule has 0 saturated carbocycles. The third kappa shape index (κ3) is 3.66. The molecule has 0 spiro atoms. The van der Waals surface area contributed by atoms with Gasteiger partial charge < -0.3 is 26.7 Å². The summed E-state index contributed by atoms with van der Waals surface area (Å²) in [5.74, 6) is 0.787. The number of nitrogens with zero attached hydrogens (tertiary/aromatic N) is 2. The number of hydrogen-bond donors (Lipinski definition) is 1. The zero-order valence-corrected chi connectivity index (χ0v) is 16.7. The molecule has 0 fully saturated rings. The number of hydrogen-bond acceptors (Lipinski definition) is 2. The van der Waals surface area contributed by atoms with E-state index in [0.717, 1.165) is 29.2 Å². The van der Waals surface area contributed by atoms with Gasteiger partial charge in [-0.1, -0.05) is 30.3 Å². The molecule has 0 aliphatic rings. The fourth-order valence-corrected chi connectivity index (χ4v) is 3.21. The highest BCUT2D eigenvalue weighted by Crippen LogP contribution is 2.19. The van der Waals surface area contributed by atoms with Crippen molar-refractivity contribution in [2.24, 2.45) is 0 Å². The molecular weight excluding hydrogens is 406 g/mol. The van der Waals surface area contributed by atoms with Gasteiger partial charge in [-0.25, -0.2) is 4.57 Å². The van der Waals surface area contributed by atoms with Crippen LogP contribution in [0.5, 0.6) is 5.75 Å². The SMILES string of the molecule is COc1ccc(-c2c[n+]3cn(Cc4ccccc4)c(C)c3c(=O)[nH]2)cc1.[Br-]. The highest BCUT2D eigenvalue weighted by Gasteiger charge is 2.18. The van der Waals surface area contributed by atoms with E-state index in [1.54, 1.807) is 7.11 Å². The van der Waals surface area contributed by atoms with Crippen molar-refractivity contribution in [2.45, 2.75) is 13.5 Å². The third-order valence-electron chi connectivity index (χ3n) is 4.62. The second kappa shape index (κ2) is 7.80. The lowest BCUT2D eigenvalue weighted by atomic mass is 10.1. The number of rotatable bonds is 4. The summed E-state index contributed by atoms with van der Waals surface area (Å²) in [6, 6.07) is 17.9. The smallest absolute Gasteiger partial charge is 0.300 e. The Morgan fingerprint density at radius 1 is 1.07 bits per heavy atom. The number of ether oxygens (including phenoxy) is 1. The van der Waals surface area contributed by atoms with Crippen LogP contribution in [0.15, 0.2) is 71.9 Å². The Kier molecular flexibility index (Phi) is 5.46. The number of imidazole rings is 1. The van der Waals surface area contributed by atoms with Crippen LogP contribution in [0.25, 0.3) is 16.8 Å². The molecule has 2 aromatic carbocycles. The molecule has 0 aliphatic heterocycles. The summed E-state index contributed by atoms with van der Waals surface area (Å²) in [6.07, 6.45) is 3.92. The molecule has 1 N–H and O–H groups in total. The number of H-pyrrole nitrogens is 1. The van der Waals surface area contributed by atoms with Crippen LogP contribution < -0.4 is 31.7 Å². The number of fused-ring (bicyclic) bond motifs is 1. The van der Waals surface area contributed by atoms with Crippen LogP contribution >= 0.6 is 0 Å². The van der Waals surface area contributed by atoms with E-state index in [4.69, 9.17) is 4.74 Å². The highest BCUT2D eigenvalue weighted by atomic mass is 79.9. The Labute approximate surface area is 167 Å². The van der Waals surface area contributed by atoms with Gasteiger partial charge in [0, 0.05) is 12.5 Å². The van der Waals surface area contributed by atoms with Gasteiger partial charge in [0.1, 0.15) is 18.5 Å². The van der Waals surface area contributed by atoms with Gasteiger partial charge in [0.2, 0.25) is 11.8 Å². The minimum atomic E-state index is -0.0948. The van der Waals surface area contributed by atoms with Crippen molar-refractivity contribution in [3.8, 4) is 17.0 Å². The average Bonchev–Trinajstić information content (AvgIpc) is 2.98. The summed E-state index contributed by atoms with van der Waals surface area (Å²) in [6.45, 7) is 2.70. The van der Waals surface area contributed by atoms with Crippen molar-refractivity contribution < 1.29 is 26.1 Å². The Bertz CT molecular complexity index is 1120. The van der Waals surface area contributed by atoms with Crippen LogP contribution in [0, 0.1) is 6.92 Å². The minimum absolute atomic E-state index is 0. The standard InChI is InChI=1S/C21H19N3O2.BrH/c1-15-20-21(25)22-19(17-8-10-18(26-2)11-9-17)13-24(20)14-23(15)12-16-6-4-3-5-7-16;/h3-11,13-14H,12H2,1-2H3;1H. The lowest BCUT2D eigenvalue weighted by molar-refractivity contribution is -0.513. The van der Waals surface area contributed by atoms with Crippen LogP contribution in [-0.2, 0) is 6.54 Å². The second-order valence-corrected chi connectivity index (χ2v) is 6.30. The minimum Gasteiger partial charge on any atom is -1.00 e. The monoisotopic (exact) mass is 425 g/mol. The average molecular weight is 426 g/mol. The number of nitrogens with one attached hydrogen (secondary N) is 1. The van der Waals surface area contributed by atoms with E-state index in [9.17, 15) is 4.79 Å². The van der Waals surface area contributed by atoms with E-state index < -0.39 is 0 Å². The molecular formula is C21H20BrN3O2. The van der Waals surface area contributed by atoms with Gasteiger partial charge in [0.25, 0.3) is 5.56 Å². The lowest BCUT2D eigenvalue weighted by Crippen LogP contribution is -3.00. The molecule has 0 unspecified atom stereocenters. The summed E-state index contributed by atoms with van der Waals surface area (Å²) in [7, 11) is 1.64. The molecule has 0 atom stereocenters. The molecule has 4 aromatic rings. The Balaban J connectivity index is 0.00000210. The van der Waals surface area contributed by atoms with E-state index in [1.165, 1.54) is 5.56 Å². The van der Waals surface area contributed by atoms with Crippen LogP contribution in [-0.4, -0.2) is 16.7 Å². The van der Waals surface area contributed by atoms with E-state index in [0.29, 0.717) is 5.52 Å². The first-order chi connectivity index (χ1) is 12.7. The molecule has 0 aliphatic carbocycles. The fraction of sp³-hybridized carbons (Fsp3) is 0.143. The van der Waals surface area contributed by atoms with Gasteiger partial charge >= 0.3 is 0 Å². The number of aryl methyl sites for hydroxylation is 1. The van der Waals surface area contributed by atoms with Gasteiger partial charge in [-0.15, -0.1) is 0 Å².